The molecular weight excluding hydrogens is 108 g/mol. The van der Waals surface area contributed by atoms with Gasteiger partial charge in [0.1, 0.15) is 0 Å². The van der Waals surface area contributed by atoms with E-state index in [1.54, 1.807) is 5.41 Å². The Morgan fingerprint density at radius 2 is 2.57 bits per heavy atom. The van der Waals surface area contributed by atoms with Gasteiger partial charge in [0, 0.05) is 19.3 Å². The van der Waals surface area contributed by atoms with Gasteiger partial charge in [-0.3, -0.25) is 0 Å². The molecule has 7 heavy (non-hydrogen) atoms. The average Bonchev–Trinajstić information content (AvgIpc) is 1.72. The van der Waals surface area contributed by atoms with Gasteiger partial charge in [-0.2, -0.15) is 0 Å². The van der Waals surface area contributed by atoms with Crippen molar-refractivity contribution in [1.82, 2.24) is 5.32 Å². The second kappa shape index (κ2) is 4.02. The molecule has 0 spiro atoms. The normalized spacial score (nSPS) is 11.6. The minimum atomic E-state index is 0.528. The summed E-state index contributed by atoms with van der Waals surface area (Å²) in [4.78, 5) is 0. The molecule has 3 N–H and O–H groups in total. The van der Waals surface area contributed by atoms with Gasteiger partial charge in [-0.1, -0.05) is 0 Å². The van der Waals surface area contributed by atoms with Gasteiger partial charge in [-0.05, 0) is 5.41 Å². The fourth-order valence-corrected chi connectivity index (χ4v) is 0.454. The van der Waals surface area contributed by atoms with Crippen LogP contribution < -0.4 is 11.1 Å². The van der Waals surface area contributed by atoms with Gasteiger partial charge in [-0.25, -0.2) is 0 Å². The highest BCUT2D eigenvalue weighted by molar-refractivity contribution is 7.83. The summed E-state index contributed by atoms with van der Waals surface area (Å²) in [6, 6.07) is 0. The molecule has 0 aliphatic heterocycles. The molecule has 0 radical (unpaired) electrons. The first-order valence-electron chi connectivity index (χ1n) is 2.06. The van der Waals surface area contributed by atoms with Crippen LogP contribution in [-0.2, 0) is 0 Å². The number of nitrogens with one attached hydrogen (secondary N) is 1. The van der Waals surface area contributed by atoms with E-state index >= 15 is 0 Å². The van der Waals surface area contributed by atoms with E-state index in [1.165, 1.54) is 0 Å². The molecule has 2 nitrogen and oxygen atoms in total. The third-order valence-electron chi connectivity index (χ3n) is 0.697. The van der Waals surface area contributed by atoms with Crippen molar-refractivity contribution in [3.8, 4) is 0 Å². The van der Waals surface area contributed by atoms with Crippen molar-refractivity contribution in [2.75, 3.05) is 13.6 Å². The highest BCUT2D eigenvalue weighted by atomic mass is 32.1. The molecule has 0 heterocycles. The molecule has 42 valence electrons. The van der Waals surface area contributed by atoms with Gasteiger partial charge in [0.25, 0.3) is 0 Å². The van der Waals surface area contributed by atoms with E-state index < -0.39 is 0 Å². The standard InChI is InChI=1S/C4H10N2S/c1-6-4(2-5)3-7/h3,6-7H,2,5H2,1H3/b4-3-. The van der Waals surface area contributed by atoms with Gasteiger partial charge >= 0.3 is 0 Å². The van der Waals surface area contributed by atoms with Crippen molar-refractivity contribution in [2.45, 2.75) is 0 Å². The topological polar surface area (TPSA) is 38.0 Å². The molecular formula is C4H10N2S. The van der Waals surface area contributed by atoms with Crippen molar-refractivity contribution in [2.24, 2.45) is 5.73 Å². The zero-order valence-corrected chi connectivity index (χ0v) is 5.20. The molecule has 0 saturated carbocycles. The minimum absolute atomic E-state index is 0.528. The maximum absolute atomic E-state index is 5.21. The Morgan fingerprint density at radius 1 is 2.00 bits per heavy atom. The summed E-state index contributed by atoms with van der Waals surface area (Å²) in [6.45, 7) is 0.528. The second-order valence-electron chi connectivity index (χ2n) is 1.11. The van der Waals surface area contributed by atoms with Crippen LogP contribution in [0.4, 0.5) is 0 Å². The van der Waals surface area contributed by atoms with Gasteiger partial charge in [-0.15, -0.1) is 12.6 Å². The summed E-state index contributed by atoms with van der Waals surface area (Å²) in [5, 5.41) is 4.51. The van der Waals surface area contributed by atoms with E-state index in [0.29, 0.717) is 6.54 Å². The van der Waals surface area contributed by atoms with Crippen LogP contribution in [0.1, 0.15) is 0 Å². The van der Waals surface area contributed by atoms with Gasteiger partial charge in [0.05, 0.1) is 0 Å². The summed E-state index contributed by atoms with van der Waals surface area (Å²) < 4.78 is 0. The molecule has 0 bridgehead atoms. The van der Waals surface area contributed by atoms with E-state index in [0.717, 1.165) is 5.70 Å². The number of rotatable bonds is 2. The van der Waals surface area contributed by atoms with E-state index in [1.807, 2.05) is 7.05 Å². The van der Waals surface area contributed by atoms with Crippen LogP contribution in [-0.4, -0.2) is 13.6 Å². The number of hydrogen-bond donors (Lipinski definition) is 3. The molecule has 0 amide bonds. The van der Waals surface area contributed by atoms with Crippen LogP contribution in [0, 0.1) is 0 Å². The molecule has 0 aromatic carbocycles. The number of hydrogen-bond acceptors (Lipinski definition) is 3. The van der Waals surface area contributed by atoms with Gasteiger partial charge in [0.15, 0.2) is 0 Å². The summed E-state index contributed by atoms with van der Waals surface area (Å²) in [5.41, 5.74) is 6.16. The zero-order chi connectivity index (χ0) is 5.70. The summed E-state index contributed by atoms with van der Waals surface area (Å²) in [7, 11) is 1.81. The van der Waals surface area contributed by atoms with Crippen LogP contribution in [0.15, 0.2) is 11.1 Å². The third kappa shape index (κ3) is 2.53. The van der Waals surface area contributed by atoms with E-state index in [2.05, 4.69) is 17.9 Å². The highest BCUT2D eigenvalue weighted by Crippen LogP contribution is 1.84. The lowest BCUT2D eigenvalue weighted by Crippen LogP contribution is -2.14. The van der Waals surface area contributed by atoms with Gasteiger partial charge < -0.3 is 11.1 Å². The molecule has 0 aromatic heterocycles. The minimum Gasteiger partial charge on any atom is -0.390 e. The Kier molecular flexibility index (Phi) is 3.93. The fourth-order valence-electron chi connectivity index (χ4n) is 0.219. The van der Waals surface area contributed by atoms with Crippen LogP contribution in [0.25, 0.3) is 0 Å². The van der Waals surface area contributed by atoms with Crippen molar-refractivity contribution in [3.63, 3.8) is 0 Å². The molecule has 0 rings (SSSR count). The first-order valence-corrected chi connectivity index (χ1v) is 2.58. The molecule has 0 aliphatic carbocycles. The van der Waals surface area contributed by atoms with E-state index in [4.69, 9.17) is 5.73 Å². The number of nitrogens with two attached hydrogens (primary N) is 1. The summed E-state index contributed by atoms with van der Waals surface area (Å²) >= 11 is 3.87. The Balaban J connectivity index is 3.38. The second-order valence-corrected chi connectivity index (χ2v) is 1.37. The SMILES string of the molecule is CN/C(=C\S)CN. The van der Waals surface area contributed by atoms with Crippen LogP contribution >= 0.6 is 12.6 Å². The highest BCUT2D eigenvalue weighted by Gasteiger charge is 1.80. The Labute approximate surface area is 49.2 Å². The Morgan fingerprint density at radius 3 is 2.57 bits per heavy atom. The predicted molar refractivity (Wildman–Crippen MR) is 35.2 cm³/mol. The maximum Gasteiger partial charge on any atom is 0.0333 e. The number of likely N-dealkylation sites (N-methyl/N-ethyl adjacent to an activating group) is 1. The molecule has 0 unspecified atom stereocenters. The summed E-state index contributed by atoms with van der Waals surface area (Å²) in [5.74, 6) is 0. The lowest BCUT2D eigenvalue weighted by molar-refractivity contribution is 0.932. The van der Waals surface area contributed by atoms with Crippen molar-refractivity contribution < 1.29 is 0 Å². The van der Waals surface area contributed by atoms with Crippen LogP contribution in [0.3, 0.4) is 0 Å². The van der Waals surface area contributed by atoms with E-state index in [9.17, 15) is 0 Å². The summed E-state index contributed by atoms with van der Waals surface area (Å²) in [6.07, 6.45) is 0. The first kappa shape index (κ1) is 6.85. The van der Waals surface area contributed by atoms with Crippen LogP contribution in [0.5, 0.6) is 0 Å². The molecule has 3 heteroatoms. The van der Waals surface area contributed by atoms with E-state index in [-0.39, 0.29) is 0 Å². The Hall–Kier alpha value is -0.150. The molecule has 0 atom stereocenters. The molecule has 0 saturated heterocycles. The molecule has 0 aromatic rings. The molecule has 0 aliphatic rings. The quantitative estimate of drug-likeness (QED) is 0.444. The lowest BCUT2D eigenvalue weighted by atomic mass is 10.5. The fraction of sp³-hybridized carbons (Fsp3) is 0.500. The zero-order valence-electron chi connectivity index (χ0n) is 4.31. The number of thiol groups is 1. The molecule has 0 fully saturated rings. The van der Waals surface area contributed by atoms with Crippen molar-refractivity contribution in [3.05, 3.63) is 11.1 Å². The largest absolute Gasteiger partial charge is 0.390 e. The average molecular weight is 118 g/mol. The monoisotopic (exact) mass is 118 g/mol. The lowest BCUT2D eigenvalue weighted by Gasteiger charge is -1.97. The third-order valence-corrected chi connectivity index (χ3v) is 1.01. The maximum atomic E-state index is 5.21. The van der Waals surface area contributed by atoms with Gasteiger partial charge in [0.2, 0.25) is 0 Å². The van der Waals surface area contributed by atoms with Crippen molar-refractivity contribution in [1.29, 1.82) is 0 Å². The predicted octanol–water partition coefficient (Wildman–Crippen LogP) is -0.0643. The first-order chi connectivity index (χ1) is 3.35. The smallest absolute Gasteiger partial charge is 0.0333 e. The Bertz CT molecular complexity index is 64.1. The van der Waals surface area contributed by atoms with Crippen LogP contribution in [0.2, 0.25) is 0 Å². The van der Waals surface area contributed by atoms with Crippen molar-refractivity contribution >= 4 is 12.6 Å².